The Morgan fingerprint density at radius 1 is 1.00 bits per heavy atom. The van der Waals surface area contributed by atoms with E-state index in [2.05, 4.69) is 20.8 Å². The Morgan fingerprint density at radius 2 is 1.71 bits per heavy atom. The fourth-order valence-corrected chi connectivity index (χ4v) is 4.97. The van der Waals surface area contributed by atoms with Gasteiger partial charge in [-0.3, -0.25) is 0 Å². The van der Waals surface area contributed by atoms with Crippen LogP contribution in [0.1, 0.15) is 66.2 Å². The Labute approximate surface area is 105 Å². The molecule has 3 rings (SSSR count). The summed E-state index contributed by atoms with van der Waals surface area (Å²) < 4.78 is 6.24. The first-order valence-electron chi connectivity index (χ1n) is 7.13. The Morgan fingerprint density at radius 3 is 2.41 bits per heavy atom. The van der Waals surface area contributed by atoms with Crippen LogP contribution in [0.4, 0.5) is 0 Å². The van der Waals surface area contributed by atoms with E-state index in [9.17, 15) is 5.11 Å². The van der Waals surface area contributed by atoms with E-state index in [0.717, 1.165) is 19.3 Å². The first-order valence-corrected chi connectivity index (χ1v) is 7.13. The standard InChI is InChI=1S/C15H26O2/c1-12(2)6-5-7-13(3)8-9-14(4,16)10-11-15(12,13)17-11/h11,16H,5-10H2,1-4H3/t11-,13+,14+,15+/m1/s1. The molecule has 1 heterocycles. The molecule has 0 unspecified atom stereocenters. The van der Waals surface area contributed by atoms with Gasteiger partial charge in [-0.25, -0.2) is 0 Å². The molecule has 2 saturated carbocycles. The molecule has 1 spiro atoms. The van der Waals surface area contributed by atoms with E-state index < -0.39 is 5.60 Å². The number of ether oxygens (including phenoxy) is 1. The minimum atomic E-state index is -0.523. The first kappa shape index (κ1) is 12.0. The van der Waals surface area contributed by atoms with Gasteiger partial charge in [-0.1, -0.05) is 27.2 Å². The van der Waals surface area contributed by atoms with Crippen molar-refractivity contribution in [3.8, 4) is 0 Å². The molecule has 0 aromatic heterocycles. The number of aliphatic hydroxyl groups is 1. The third-order valence-electron chi connectivity index (χ3n) is 6.00. The molecule has 0 bridgehead atoms. The van der Waals surface area contributed by atoms with Crippen molar-refractivity contribution in [1.29, 1.82) is 0 Å². The minimum Gasteiger partial charge on any atom is -0.390 e. The van der Waals surface area contributed by atoms with Gasteiger partial charge in [-0.2, -0.15) is 0 Å². The molecular weight excluding hydrogens is 212 g/mol. The van der Waals surface area contributed by atoms with Crippen LogP contribution in [0.25, 0.3) is 0 Å². The summed E-state index contributed by atoms with van der Waals surface area (Å²) in [7, 11) is 0. The number of hydrogen-bond donors (Lipinski definition) is 1. The normalized spacial score (nSPS) is 56.6. The minimum absolute atomic E-state index is 0.0543. The maximum absolute atomic E-state index is 10.4. The highest BCUT2D eigenvalue weighted by Crippen LogP contribution is 2.70. The molecule has 1 N–H and O–H groups in total. The summed E-state index contributed by atoms with van der Waals surface area (Å²) >= 11 is 0. The SMILES string of the molecule is CC1(C)CCC[C@@]2(C)CC[C@](C)(O)C[C@H]3O[C@@]312. The average molecular weight is 238 g/mol. The Bertz CT molecular complexity index is 347. The van der Waals surface area contributed by atoms with Crippen LogP contribution in [-0.2, 0) is 4.74 Å². The second-order valence-electron chi connectivity index (χ2n) is 7.84. The fraction of sp³-hybridized carbons (Fsp3) is 1.00. The summed E-state index contributed by atoms with van der Waals surface area (Å²) in [5.74, 6) is 0. The van der Waals surface area contributed by atoms with Crippen LogP contribution in [0.15, 0.2) is 0 Å². The van der Waals surface area contributed by atoms with Crippen LogP contribution in [0, 0.1) is 10.8 Å². The summed E-state index contributed by atoms with van der Waals surface area (Å²) in [6.45, 7) is 9.11. The molecular formula is C15H26O2. The zero-order valence-corrected chi connectivity index (χ0v) is 11.7. The first-order chi connectivity index (χ1) is 7.73. The molecule has 0 radical (unpaired) electrons. The van der Waals surface area contributed by atoms with E-state index >= 15 is 0 Å². The molecule has 17 heavy (non-hydrogen) atoms. The number of rotatable bonds is 0. The predicted molar refractivity (Wildman–Crippen MR) is 67.8 cm³/mol. The van der Waals surface area contributed by atoms with E-state index in [1.165, 1.54) is 19.3 Å². The molecule has 0 aromatic carbocycles. The fourth-order valence-electron chi connectivity index (χ4n) is 4.97. The third kappa shape index (κ3) is 1.40. The van der Waals surface area contributed by atoms with Crippen molar-refractivity contribution >= 4 is 0 Å². The van der Waals surface area contributed by atoms with Gasteiger partial charge < -0.3 is 9.84 Å². The largest absolute Gasteiger partial charge is 0.390 e. The van der Waals surface area contributed by atoms with Crippen LogP contribution in [-0.4, -0.2) is 22.4 Å². The molecule has 2 aliphatic carbocycles. The lowest BCUT2D eigenvalue weighted by Gasteiger charge is -2.49. The van der Waals surface area contributed by atoms with Gasteiger partial charge in [0.2, 0.25) is 0 Å². The lowest BCUT2D eigenvalue weighted by atomic mass is 9.54. The van der Waals surface area contributed by atoms with Crippen molar-refractivity contribution in [1.82, 2.24) is 0 Å². The lowest BCUT2D eigenvalue weighted by Crippen LogP contribution is -2.51. The van der Waals surface area contributed by atoms with E-state index in [1.807, 2.05) is 6.92 Å². The predicted octanol–water partition coefficient (Wildman–Crippen LogP) is 3.28. The molecule has 3 aliphatic rings. The van der Waals surface area contributed by atoms with Crippen molar-refractivity contribution in [2.45, 2.75) is 83.5 Å². The van der Waals surface area contributed by atoms with Gasteiger partial charge in [0, 0.05) is 6.42 Å². The maximum Gasteiger partial charge on any atom is 0.105 e. The molecule has 4 atom stereocenters. The van der Waals surface area contributed by atoms with Crippen LogP contribution in [0.2, 0.25) is 0 Å². The summed E-state index contributed by atoms with van der Waals surface area (Å²) in [5, 5.41) is 10.4. The van der Waals surface area contributed by atoms with Gasteiger partial charge in [-0.05, 0) is 43.4 Å². The van der Waals surface area contributed by atoms with Gasteiger partial charge in [0.25, 0.3) is 0 Å². The van der Waals surface area contributed by atoms with E-state index in [1.54, 1.807) is 0 Å². The highest BCUT2D eigenvalue weighted by Gasteiger charge is 2.75. The third-order valence-corrected chi connectivity index (χ3v) is 6.00. The number of epoxide rings is 1. The second-order valence-corrected chi connectivity index (χ2v) is 7.84. The summed E-state index contributed by atoms with van der Waals surface area (Å²) in [4.78, 5) is 0. The van der Waals surface area contributed by atoms with Crippen LogP contribution >= 0.6 is 0 Å². The van der Waals surface area contributed by atoms with Crippen LogP contribution in [0.3, 0.4) is 0 Å². The second kappa shape index (κ2) is 3.08. The summed E-state index contributed by atoms with van der Waals surface area (Å²) in [6, 6.07) is 0. The zero-order valence-electron chi connectivity index (χ0n) is 11.7. The smallest absolute Gasteiger partial charge is 0.105 e. The molecule has 1 aliphatic heterocycles. The zero-order chi connectivity index (χ0) is 12.5. The van der Waals surface area contributed by atoms with Crippen molar-refractivity contribution in [2.24, 2.45) is 10.8 Å². The Hall–Kier alpha value is -0.0800. The van der Waals surface area contributed by atoms with Crippen molar-refractivity contribution in [3.05, 3.63) is 0 Å². The van der Waals surface area contributed by atoms with Gasteiger partial charge in [0.15, 0.2) is 0 Å². The monoisotopic (exact) mass is 238 g/mol. The molecule has 0 aromatic rings. The summed E-state index contributed by atoms with van der Waals surface area (Å²) in [5.41, 5.74) is 0.0777. The van der Waals surface area contributed by atoms with Crippen molar-refractivity contribution in [3.63, 3.8) is 0 Å². The Balaban J connectivity index is 2.01. The lowest BCUT2D eigenvalue weighted by molar-refractivity contribution is -0.0495. The van der Waals surface area contributed by atoms with Gasteiger partial charge in [-0.15, -0.1) is 0 Å². The molecule has 0 amide bonds. The van der Waals surface area contributed by atoms with Crippen molar-refractivity contribution in [2.75, 3.05) is 0 Å². The topological polar surface area (TPSA) is 32.8 Å². The van der Waals surface area contributed by atoms with E-state index in [4.69, 9.17) is 4.74 Å². The average Bonchev–Trinajstić information content (AvgIpc) is 2.88. The molecule has 3 fully saturated rings. The molecule has 1 saturated heterocycles. The molecule has 2 nitrogen and oxygen atoms in total. The van der Waals surface area contributed by atoms with E-state index in [0.29, 0.717) is 6.10 Å². The highest BCUT2D eigenvalue weighted by atomic mass is 16.6. The molecule has 2 heteroatoms. The number of hydrogen-bond acceptors (Lipinski definition) is 2. The van der Waals surface area contributed by atoms with Gasteiger partial charge in [0.05, 0.1) is 11.7 Å². The summed E-state index contributed by atoms with van der Waals surface area (Å²) in [6.07, 6.45) is 7.00. The van der Waals surface area contributed by atoms with Gasteiger partial charge in [0.1, 0.15) is 5.60 Å². The van der Waals surface area contributed by atoms with E-state index in [-0.39, 0.29) is 16.4 Å². The Kier molecular flexibility index (Phi) is 2.17. The maximum atomic E-state index is 10.4. The quantitative estimate of drug-likeness (QED) is 0.657. The highest BCUT2D eigenvalue weighted by molar-refractivity contribution is 5.23. The van der Waals surface area contributed by atoms with Crippen molar-refractivity contribution < 1.29 is 9.84 Å². The van der Waals surface area contributed by atoms with Crippen LogP contribution < -0.4 is 0 Å². The molecule has 98 valence electrons. The van der Waals surface area contributed by atoms with Crippen LogP contribution in [0.5, 0.6) is 0 Å². The van der Waals surface area contributed by atoms with Gasteiger partial charge >= 0.3 is 0 Å².